The smallest absolute Gasteiger partial charge is 0.233 e. The van der Waals surface area contributed by atoms with Crippen LogP contribution in [0.2, 0.25) is 0 Å². The van der Waals surface area contributed by atoms with Gasteiger partial charge in [0.05, 0.1) is 5.75 Å². The molecule has 0 radical (unpaired) electrons. The summed E-state index contributed by atoms with van der Waals surface area (Å²) in [5.74, 6) is 1.57. The zero-order valence-electron chi connectivity index (χ0n) is 14.4. The second-order valence-electron chi connectivity index (χ2n) is 6.55. The van der Waals surface area contributed by atoms with Crippen LogP contribution in [0.1, 0.15) is 41.5 Å². The Hall–Kier alpha value is -0.820. The Kier molecular flexibility index (Phi) is 8.17. The third kappa shape index (κ3) is 7.45. The molecule has 0 aromatic carbocycles. The molecule has 0 aliphatic carbocycles. The highest BCUT2D eigenvalue weighted by molar-refractivity contribution is 8.01. The lowest BCUT2D eigenvalue weighted by molar-refractivity contribution is -0.129. The second-order valence-corrected chi connectivity index (χ2v) is 8.75. The number of nitrogens with one attached hydrogen (secondary N) is 1. The fourth-order valence-corrected chi connectivity index (χ4v) is 3.75. The Morgan fingerprint density at radius 3 is 2.23 bits per heavy atom. The lowest BCUT2D eigenvalue weighted by Gasteiger charge is -2.26. The lowest BCUT2D eigenvalue weighted by atomic mass is 10.1. The molecule has 0 spiro atoms. The first-order valence-electron chi connectivity index (χ1n) is 7.78. The third-order valence-corrected chi connectivity index (χ3v) is 4.63. The van der Waals surface area contributed by atoms with E-state index in [1.165, 1.54) is 23.1 Å². The number of rotatable bonds is 9. The van der Waals surface area contributed by atoms with Gasteiger partial charge in [-0.3, -0.25) is 4.79 Å². The van der Waals surface area contributed by atoms with Crippen molar-refractivity contribution >= 4 is 34.1 Å². The van der Waals surface area contributed by atoms with Crippen LogP contribution in [-0.2, 0) is 4.79 Å². The summed E-state index contributed by atoms with van der Waals surface area (Å²) in [4.78, 5) is 14.4. The maximum absolute atomic E-state index is 12.4. The molecule has 1 aromatic heterocycles. The van der Waals surface area contributed by atoms with Gasteiger partial charge in [0, 0.05) is 19.1 Å². The number of anilines is 1. The highest BCUT2D eigenvalue weighted by Crippen LogP contribution is 2.26. The van der Waals surface area contributed by atoms with Gasteiger partial charge in [-0.25, -0.2) is 0 Å². The molecule has 0 saturated carbocycles. The van der Waals surface area contributed by atoms with E-state index in [1.54, 1.807) is 0 Å². The van der Waals surface area contributed by atoms with Crippen LogP contribution in [0.15, 0.2) is 4.34 Å². The second kappa shape index (κ2) is 9.35. The molecule has 1 N–H and O–H groups in total. The molecule has 0 aliphatic heterocycles. The summed E-state index contributed by atoms with van der Waals surface area (Å²) in [6.45, 7) is 14.3. The average molecular weight is 345 g/mol. The van der Waals surface area contributed by atoms with E-state index < -0.39 is 0 Å². The van der Waals surface area contributed by atoms with Gasteiger partial charge < -0.3 is 10.2 Å². The van der Waals surface area contributed by atoms with Gasteiger partial charge in [0.1, 0.15) is 0 Å². The molecule has 22 heavy (non-hydrogen) atoms. The Balaban J connectivity index is 2.52. The van der Waals surface area contributed by atoms with E-state index in [4.69, 9.17) is 0 Å². The average Bonchev–Trinajstić information content (AvgIpc) is 2.80. The van der Waals surface area contributed by atoms with Crippen molar-refractivity contribution in [1.82, 2.24) is 15.1 Å². The van der Waals surface area contributed by atoms with Crippen LogP contribution >= 0.6 is 23.1 Å². The van der Waals surface area contributed by atoms with Crippen molar-refractivity contribution in [1.29, 1.82) is 0 Å². The quantitative estimate of drug-likeness (QED) is 0.694. The van der Waals surface area contributed by atoms with Gasteiger partial charge >= 0.3 is 0 Å². The standard InChI is InChI=1S/C15H28N4OS2/c1-10(2)7-19(8-11(3)4)13(20)9-21-15-18-17-14(22-15)16-12(5)6/h10-12H,7-9H2,1-6H3,(H,16,17). The summed E-state index contributed by atoms with van der Waals surface area (Å²) in [6.07, 6.45) is 0. The summed E-state index contributed by atoms with van der Waals surface area (Å²) < 4.78 is 0.838. The molecule has 0 atom stereocenters. The Labute approximate surface area is 142 Å². The van der Waals surface area contributed by atoms with E-state index in [9.17, 15) is 4.79 Å². The minimum atomic E-state index is 0.181. The Morgan fingerprint density at radius 1 is 1.14 bits per heavy atom. The van der Waals surface area contributed by atoms with Crippen molar-refractivity contribution < 1.29 is 4.79 Å². The molecule has 126 valence electrons. The number of hydrogen-bond acceptors (Lipinski definition) is 6. The summed E-state index contributed by atoms with van der Waals surface area (Å²) in [7, 11) is 0. The summed E-state index contributed by atoms with van der Waals surface area (Å²) >= 11 is 2.97. The van der Waals surface area contributed by atoms with Crippen molar-refractivity contribution in [2.75, 3.05) is 24.2 Å². The molecule has 0 unspecified atom stereocenters. The third-order valence-electron chi connectivity index (χ3n) is 2.66. The van der Waals surface area contributed by atoms with Crippen molar-refractivity contribution in [3.63, 3.8) is 0 Å². The summed E-state index contributed by atoms with van der Waals surface area (Å²) in [5.41, 5.74) is 0. The predicted molar refractivity (Wildman–Crippen MR) is 95.6 cm³/mol. The van der Waals surface area contributed by atoms with Crippen molar-refractivity contribution in [2.24, 2.45) is 11.8 Å². The maximum Gasteiger partial charge on any atom is 0.233 e. The minimum Gasteiger partial charge on any atom is -0.358 e. The number of nitrogens with zero attached hydrogens (tertiary/aromatic N) is 3. The first-order chi connectivity index (χ1) is 10.3. The number of hydrogen-bond donors (Lipinski definition) is 1. The Morgan fingerprint density at radius 2 is 1.73 bits per heavy atom. The van der Waals surface area contributed by atoms with Crippen molar-refractivity contribution in [3.05, 3.63) is 0 Å². The number of thioether (sulfide) groups is 1. The van der Waals surface area contributed by atoms with Gasteiger partial charge in [-0.05, 0) is 25.7 Å². The number of aromatic nitrogens is 2. The van der Waals surface area contributed by atoms with Gasteiger partial charge in [-0.2, -0.15) is 0 Å². The number of carbonyl (C=O) groups is 1. The number of carbonyl (C=O) groups excluding carboxylic acids is 1. The van der Waals surface area contributed by atoms with Crippen LogP contribution in [0.5, 0.6) is 0 Å². The van der Waals surface area contributed by atoms with Gasteiger partial charge in [-0.15, -0.1) is 10.2 Å². The fourth-order valence-electron chi connectivity index (χ4n) is 1.95. The van der Waals surface area contributed by atoms with Crippen LogP contribution in [0.25, 0.3) is 0 Å². The maximum atomic E-state index is 12.4. The van der Waals surface area contributed by atoms with Crippen LogP contribution in [0, 0.1) is 11.8 Å². The molecule has 1 aromatic rings. The topological polar surface area (TPSA) is 58.1 Å². The Bertz CT molecular complexity index is 450. The molecular formula is C15H28N4OS2. The SMILES string of the molecule is CC(C)CN(CC(C)C)C(=O)CSc1nnc(NC(C)C)s1. The van der Waals surface area contributed by atoms with Crippen LogP contribution in [0.3, 0.4) is 0 Å². The fraction of sp³-hybridized carbons (Fsp3) is 0.800. The predicted octanol–water partition coefficient (Wildman–Crippen LogP) is 3.59. The summed E-state index contributed by atoms with van der Waals surface area (Å²) in [5, 5.41) is 12.2. The van der Waals surface area contributed by atoms with E-state index in [1.807, 2.05) is 4.90 Å². The van der Waals surface area contributed by atoms with Gasteiger partial charge in [0.25, 0.3) is 0 Å². The van der Waals surface area contributed by atoms with Crippen molar-refractivity contribution in [2.45, 2.75) is 51.9 Å². The molecular weight excluding hydrogens is 316 g/mol. The molecule has 0 aliphatic rings. The van der Waals surface area contributed by atoms with Crippen LogP contribution in [-0.4, -0.2) is 45.9 Å². The molecule has 1 heterocycles. The molecule has 7 heteroatoms. The number of amides is 1. The van der Waals surface area contributed by atoms with Gasteiger partial charge in [-0.1, -0.05) is 50.8 Å². The zero-order valence-corrected chi connectivity index (χ0v) is 16.1. The largest absolute Gasteiger partial charge is 0.358 e. The van der Waals surface area contributed by atoms with Crippen LogP contribution in [0.4, 0.5) is 5.13 Å². The molecule has 0 saturated heterocycles. The molecule has 1 rings (SSSR count). The molecule has 1 amide bonds. The first-order valence-corrected chi connectivity index (χ1v) is 9.58. The highest BCUT2D eigenvalue weighted by atomic mass is 32.2. The normalized spacial score (nSPS) is 11.5. The lowest BCUT2D eigenvalue weighted by Crippen LogP contribution is -2.38. The van der Waals surface area contributed by atoms with E-state index in [-0.39, 0.29) is 5.91 Å². The molecule has 0 fully saturated rings. The summed E-state index contributed by atoms with van der Waals surface area (Å²) in [6, 6.07) is 0.333. The van der Waals surface area contributed by atoms with E-state index in [0.717, 1.165) is 22.6 Å². The molecule has 0 bridgehead atoms. The molecule has 5 nitrogen and oxygen atoms in total. The van der Waals surface area contributed by atoms with Gasteiger partial charge in [0.15, 0.2) is 4.34 Å². The highest BCUT2D eigenvalue weighted by Gasteiger charge is 2.17. The zero-order chi connectivity index (χ0) is 16.7. The van der Waals surface area contributed by atoms with Crippen molar-refractivity contribution in [3.8, 4) is 0 Å². The van der Waals surface area contributed by atoms with Crippen LogP contribution < -0.4 is 5.32 Å². The van der Waals surface area contributed by atoms with Gasteiger partial charge in [0.2, 0.25) is 11.0 Å². The van der Waals surface area contributed by atoms with E-state index in [0.29, 0.717) is 23.6 Å². The van der Waals surface area contributed by atoms with E-state index >= 15 is 0 Å². The van der Waals surface area contributed by atoms with E-state index in [2.05, 4.69) is 57.1 Å². The monoisotopic (exact) mass is 344 g/mol. The minimum absolute atomic E-state index is 0.181. The first kappa shape index (κ1) is 19.2.